The minimum absolute atomic E-state index is 0.0628. The SMILES string of the molecule is O=C(Cn1cc(NC(=O)C2=NO[C@@H](c3ccccc3)C2)cn1)NC1CCCC1. The van der Waals surface area contributed by atoms with Crippen molar-refractivity contribution in [2.75, 3.05) is 5.32 Å². The standard InChI is InChI=1S/C20H23N5O3/c26-19(22-15-8-4-5-9-15)13-25-12-16(11-21-25)23-20(27)17-10-18(28-24-17)14-6-2-1-3-7-14/h1-3,6-7,11-12,15,18H,4-5,8-10,13H2,(H,22,26)(H,23,27)/t18-/m1/s1. The number of aromatic nitrogens is 2. The van der Waals surface area contributed by atoms with Crippen LogP contribution in [0.5, 0.6) is 0 Å². The molecule has 1 atom stereocenters. The Morgan fingerprint density at radius 3 is 2.75 bits per heavy atom. The summed E-state index contributed by atoms with van der Waals surface area (Å²) in [6, 6.07) is 9.95. The van der Waals surface area contributed by atoms with Crippen LogP contribution < -0.4 is 10.6 Å². The Morgan fingerprint density at radius 1 is 1.18 bits per heavy atom. The minimum Gasteiger partial charge on any atom is -0.387 e. The zero-order valence-corrected chi connectivity index (χ0v) is 15.5. The van der Waals surface area contributed by atoms with Crippen molar-refractivity contribution in [3.63, 3.8) is 0 Å². The highest BCUT2D eigenvalue weighted by atomic mass is 16.6. The molecule has 1 aromatic heterocycles. The van der Waals surface area contributed by atoms with Crippen molar-refractivity contribution in [2.24, 2.45) is 5.16 Å². The van der Waals surface area contributed by atoms with Gasteiger partial charge in [-0.25, -0.2) is 0 Å². The molecule has 2 aliphatic rings. The zero-order chi connectivity index (χ0) is 19.3. The molecule has 4 rings (SSSR count). The van der Waals surface area contributed by atoms with Crippen LogP contribution in [0.2, 0.25) is 0 Å². The van der Waals surface area contributed by atoms with Gasteiger partial charge in [0.1, 0.15) is 12.3 Å². The molecule has 2 N–H and O–H groups in total. The molecular formula is C20H23N5O3. The number of benzene rings is 1. The van der Waals surface area contributed by atoms with Gasteiger partial charge in [0, 0.05) is 18.7 Å². The average Bonchev–Trinajstić information content (AvgIpc) is 3.44. The summed E-state index contributed by atoms with van der Waals surface area (Å²) >= 11 is 0. The van der Waals surface area contributed by atoms with E-state index in [9.17, 15) is 9.59 Å². The van der Waals surface area contributed by atoms with Gasteiger partial charge in [0.25, 0.3) is 5.91 Å². The highest BCUT2D eigenvalue weighted by Crippen LogP contribution is 2.27. The zero-order valence-electron chi connectivity index (χ0n) is 15.5. The molecule has 2 amide bonds. The van der Waals surface area contributed by atoms with Gasteiger partial charge in [-0.3, -0.25) is 14.3 Å². The van der Waals surface area contributed by atoms with E-state index in [4.69, 9.17) is 4.84 Å². The highest BCUT2D eigenvalue weighted by molar-refractivity contribution is 6.43. The minimum atomic E-state index is -0.326. The van der Waals surface area contributed by atoms with Gasteiger partial charge in [0.05, 0.1) is 11.9 Å². The quantitative estimate of drug-likeness (QED) is 0.803. The summed E-state index contributed by atoms with van der Waals surface area (Å²) in [4.78, 5) is 29.9. The van der Waals surface area contributed by atoms with Gasteiger partial charge in [0.2, 0.25) is 5.91 Å². The fourth-order valence-corrected chi connectivity index (χ4v) is 3.57. The number of oxime groups is 1. The van der Waals surface area contributed by atoms with Crippen LogP contribution in [-0.2, 0) is 21.0 Å². The van der Waals surface area contributed by atoms with E-state index in [0.29, 0.717) is 17.8 Å². The Hall–Kier alpha value is -3.16. The number of hydrogen-bond acceptors (Lipinski definition) is 5. The second-order valence-electron chi connectivity index (χ2n) is 7.18. The number of rotatable bonds is 6. The molecule has 2 aromatic rings. The van der Waals surface area contributed by atoms with Crippen LogP contribution in [0.25, 0.3) is 0 Å². The van der Waals surface area contributed by atoms with Crippen molar-refractivity contribution in [1.82, 2.24) is 15.1 Å². The molecule has 0 spiro atoms. The largest absolute Gasteiger partial charge is 0.387 e. The normalized spacial score (nSPS) is 19.1. The topological polar surface area (TPSA) is 97.6 Å². The maximum Gasteiger partial charge on any atom is 0.273 e. The first-order valence-electron chi connectivity index (χ1n) is 9.58. The lowest BCUT2D eigenvalue weighted by Crippen LogP contribution is -2.35. The van der Waals surface area contributed by atoms with Gasteiger partial charge in [-0.2, -0.15) is 5.10 Å². The van der Waals surface area contributed by atoms with Crippen molar-refractivity contribution in [3.8, 4) is 0 Å². The molecular weight excluding hydrogens is 358 g/mol. The Labute approximate surface area is 162 Å². The number of hydrogen-bond donors (Lipinski definition) is 2. The van der Waals surface area contributed by atoms with E-state index in [1.54, 1.807) is 6.20 Å². The number of nitrogens with one attached hydrogen (secondary N) is 2. The summed E-state index contributed by atoms with van der Waals surface area (Å²) in [5.41, 5.74) is 1.83. The molecule has 0 radical (unpaired) electrons. The van der Waals surface area contributed by atoms with Crippen LogP contribution in [-0.4, -0.2) is 33.3 Å². The molecule has 1 aliphatic carbocycles. The van der Waals surface area contributed by atoms with Crippen LogP contribution in [0.4, 0.5) is 5.69 Å². The van der Waals surface area contributed by atoms with Crippen LogP contribution in [0.15, 0.2) is 47.9 Å². The lowest BCUT2D eigenvalue weighted by molar-refractivity contribution is -0.122. The third-order valence-corrected chi connectivity index (χ3v) is 5.02. The van der Waals surface area contributed by atoms with Crippen molar-refractivity contribution in [1.29, 1.82) is 0 Å². The maximum absolute atomic E-state index is 12.4. The van der Waals surface area contributed by atoms with Gasteiger partial charge < -0.3 is 15.5 Å². The van der Waals surface area contributed by atoms with Gasteiger partial charge in [0.15, 0.2) is 6.10 Å². The summed E-state index contributed by atoms with van der Waals surface area (Å²) in [5.74, 6) is -0.388. The van der Waals surface area contributed by atoms with Gasteiger partial charge >= 0.3 is 0 Å². The Kier molecular flexibility index (Phi) is 5.36. The summed E-state index contributed by atoms with van der Waals surface area (Å²) in [5, 5.41) is 13.8. The van der Waals surface area contributed by atoms with E-state index in [0.717, 1.165) is 18.4 Å². The third kappa shape index (κ3) is 4.39. The number of amides is 2. The molecule has 28 heavy (non-hydrogen) atoms. The Balaban J connectivity index is 1.28. The van der Waals surface area contributed by atoms with E-state index in [1.807, 2.05) is 30.3 Å². The lowest BCUT2D eigenvalue weighted by Gasteiger charge is -2.11. The fourth-order valence-electron chi connectivity index (χ4n) is 3.57. The molecule has 8 nitrogen and oxygen atoms in total. The van der Waals surface area contributed by atoms with E-state index < -0.39 is 0 Å². The summed E-state index contributed by atoms with van der Waals surface area (Å²) in [7, 11) is 0. The highest BCUT2D eigenvalue weighted by Gasteiger charge is 2.27. The van der Waals surface area contributed by atoms with Gasteiger partial charge in [-0.15, -0.1) is 0 Å². The van der Waals surface area contributed by atoms with E-state index in [-0.39, 0.29) is 30.5 Å². The van der Waals surface area contributed by atoms with Crippen LogP contribution in [0.3, 0.4) is 0 Å². The predicted octanol–water partition coefficient (Wildman–Crippen LogP) is 2.40. The summed E-state index contributed by atoms with van der Waals surface area (Å²) < 4.78 is 1.51. The first-order valence-corrected chi connectivity index (χ1v) is 9.58. The molecule has 0 saturated heterocycles. The molecule has 146 valence electrons. The molecule has 2 heterocycles. The monoisotopic (exact) mass is 381 g/mol. The van der Waals surface area contributed by atoms with Gasteiger partial charge in [-0.1, -0.05) is 48.3 Å². The van der Waals surface area contributed by atoms with Crippen molar-refractivity contribution in [2.45, 2.75) is 50.8 Å². The van der Waals surface area contributed by atoms with E-state index in [2.05, 4.69) is 20.9 Å². The number of anilines is 1. The van der Waals surface area contributed by atoms with E-state index in [1.165, 1.54) is 23.7 Å². The van der Waals surface area contributed by atoms with Crippen molar-refractivity contribution >= 4 is 23.2 Å². The average molecular weight is 381 g/mol. The lowest BCUT2D eigenvalue weighted by atomic mass is 10.0. The van der Waals surface area contributed by atoms with Crippen molar-refractivity contribution in [3.05, 3.63) is 48.3 Å². The number of carbonyl (C=O) groups excluding carboxylic acids is 2. The summed E-state index contributed by atoms with van der Waals surface area (Å²) in [6.45, 7) is 0.131. The molecule has 0 bridgehead atoms. The molecule has 1 fully saturated rings. The number of nitrogens with zero attached hydrogens (tertiary/aromatic N) is 3. The third-order valence-electron chi connectivity index (χ3n) is 5.02. The van der Waals surface area contributed by atoms with Gasteiger partial charge in [-0.05, 0) is 18.4 Å². The number of carbonyl (C=O) groups is 2. The molecule has 1 aromatic carbocycles. The molecule has 1 saturated carbocycles. The molecule has 0 unspecified atom stereocenters. The van der Waals surface area contributed by atoms with E-state index >= 15 is 0 Å². The van der Waals surface area contributed by atoms with Crippen LogP contribution in [0, 0.1) is 0 Å². The smallest absolute Gasteiger partial charge is 0.273 e. The second kappa shape index (κ2) is 8.24. The van der Waals surface area contributed by atoms with Crippen LogP contribution >= 0.6 is 0 Å². The van der Waals surface area contributed by atoms with Crippen molar-refractivity contribution < 1.29 is 14.4 Å². The first-order chi connectivity index (χ1) is 13.7. The predicted molar refractivity (Wildman–Crippen MR) is 104 cm³/mol. The Morgan fingerprint density at radius 2 is 1.96 bits per heavy atom. The van der Waals surface area contributed by atoms with Crippen LogP contribution in [0.1, 0.15) is 43.8 Å². The fraction of sp³-hybridized carbons (Fsp3) is 0.400. The summed E-state index contributed by atoms with van der Waals surface area (Å²) in [6.07, 6.45) is 7.74. The second-order valence-corrected chi connectivity index (χ2v) is 7.18. The molecule has 1 aliphatic heterocycles. The molecule has 8 heteroatoms. The Bertz CT molecular complexity index is 871. The first kappa shape index (κ1) is 18.2. The maximum atomic E-state index is 12.4.